The molecule has 16 heteroatoms. The van der Waals surface area contributed by atoms with Crippen LogP contribution in [0.25, 0.3) is 22.4 Å². The molecule has 0 radical (unpaired) electrons. The zero-order valence-electron chi connectivity index (χ0n) is 19.1. The van der Waals surface area contributed by atoms with E-state index in [1.54, 1.807) is 13.3 Å². The van der Waals surface area contributed by atoms with Crippen LogP contribution in [0.5, 0.6) is 5.75 Å². The number of hydrogen-bond acceptors (Lipinski definition) is 7. The number of carboxylic acids is 2. The number of carbonyl (C=O) groups is 2. The number of nitriles is 1. The van der Waals surface area contributed by atoms with Gasteiger partial charge in [0.05, 0.1) is 19.0 Å². The maximum absolute atomic E-state index is 10.6. The highest BCUT2D eigenvalue weighted by molar-refractivity contribution is 5.88. The van der Waals surface area contributed by atoms with Crippen LogP contribution >= 0.6 is 0 Å². The van der Waals surface area contributed by atoms with Crippen LogP contribution in [0.15, 0.2) is 30.5 Å². The fourth-order valence-corrected chi connectivity index (χ4v) is 3.33. The number of carboxylic acid groups (broad SMARTS) is 2. The Morgan fingerprint density at radius 3 is 2.11 bits per heavy atom. The Hall–Kier alpha value is -4.81. The van der Waals surface area contributed by atoms with E-state index in [2.05, 4.69) is 21.3 Å². The Balaban J connectivity index is 0.000000301. The minimum atomic E-state index is -5.08. The Labute approximate surface area is 209 Å². The second kappa shape index (κ2) is 11.5. The van der Waals surface area contributed by atoms with Crippen molar-refractivity contribution < 1.29 is 50.9 Å². The maximum atomic E-state index is 10.6. The first kappa shape index (κ1) is 29.4. The summed E-state index contributed by atoms with van der Waals surface area (Å²) in [5.74, 6) is -4.58. The van der Waals surface area contributed by atoms with Crippen molar-refractivity contribution in [3.05, 3.63) is 47.3 Å². The Morgan fingerprint density at radius 2 is 1.61 bits per heavy atom. The highest BCUT2D eigenvalue weighted by Crippen LogP contribution is 2.43. The molecule has 3 aromatic rings. The average molecular weight is 545 g/mol. The third kappa shape index (κ3) is 6.69. The predicted molar refractivity (Wildman–Crippen MR) is 118 cm³/mol. The first-order valence-electron chi connectivity index (χ1n) is 10.1. The summed E-state index contributed by atoms with van der Waals surface area (Å²) in [6.45, 7) is 0. The monoisotopic (exact) mass is 545 g/mol. The van der Waals surface area contributed by atoms with E-state index >= 15 is 0 Å². The molecule has 1 aromatic carbocycles. The van der Waals surface area contributed by atoms with E-state index in [0.717, 1.165) is 46.5 Å². The topological polar surface area (TPSA) is 175 Å². The summed E-state index contributed by atoms with van der Waals surface area (Å²) in [5, 5.41) is 31.0. The third-order valence-corrected chi connectivity index (χ3v) is 4.90. The molecule has 0 amide bonds. The molecule has 0 spiro atoms. The Kier molecular flexibility index (Phi) is 8.90. The molecule has 0 bridgehead atoms. The van der Waals surface area contributed by atoms with Gasteiger partial charge in [-0.15, -0.1) is 0 Å². The van der Waals surface area contributed by atoms with Crippen LogP contribution in [0.1, 0.15) is 16.8 Å². The number of rotatable bonds is 2. The number of pyridine rings is 1. The van der Waals surface area contributed by atoms with Gasteiger partial charge in [0.15, 0.2) is 0 Å². The Morgan fingerprint density at radius 1 is 1.05 bits per heavy atom. The number of aromatic amines is 1. The number of aliphatic carboxylic acids is 2. The van der Waals surface area contributed by atoms with Gasteiger partial charge in [0, 0.05) is 22.4 Å². The van der Waals surface area contributed by atoms with E-state index in [9.17, 15) is 31.6 Å². The van der Waals surface area contributed by atoms with Gasteiger partial charge in [-0.2, -0.15) is 36.7 Å². The molecular weight excluding hydrogens is 528 g/mol. The highest BCUT2D eigenvalue weighted by Gasteiger charge is 2.39. The molecule has 2 aromatic heterocycles. The lowest BCUT2D eigenvalue weighted by Crippen LogP contribution is -2.21. The van der Waals surface area contributed by atoms with Gasteiger partial charge < -0.3 is 20.7 Å². The predicted octanol–water partition coefficient (Wildman–Crippen LogP) is 3.97. The van der Waals surface area contributed by atoms with Gasteiger partial charge in [0.25, 0.3) is 0 Å². The smallest absolute Gasteiger partial charge is 0.490 e. The number of aryl methyl sites for hydroxylation is 1. The number of fused-ring (bicyclic) bond motifs is 3. The average Bonchev–Trinajstić information content (AvgIpc) is 3.32. The summed E-state index contributed by atoms with van der Waals surface area (Å²) >= 11 is 0. The number of nitrogens with two attached hydrogens (primary N) is 1. The summed E-state index contributed by atoms with van der Waals surface area (Å²) in [4.78, 5) is 22.3. The molecule has 0 atom stereocenters. The molecule has 0 aliphatic heterocycles. The van der Waals surface area contributed by atoms with E-state index in [-0.39, 0.29) is 5.82 Å². The number of nitrogen functional groups attached to an aromatic ring is 1. The van der Waals surface area contributed by atoms with Crippen LogP contribution in [0.3, 0.4) is 0 Å². The lowest BCUT2D eigenvalue weighted by Gasteiger charge is -2.22. The first-order valence-corrected chi connectivity index (χ1v) is 10.1. The lowest BCUT2D eigenvalue weighted by molar-refractivity contribution is -0.193. The minimum Gasteiger partial charge on any atom is -0.496 e. The second-order valence-electron chi connectivity index (χ2n) is 7.25. The number of methoxy groups -OCH3 is 1. The van der Waals surface area contributed by atoms with Crippen LogP contribution in [0.2, 0.25) is 0 Å². The van der Waals surface area contributed by atoms with Crippen molar-refractivity contribution >= 4 is 17.8 Å². The number of H-pyrrole nitrogens is 1. The molecule has 4 rings (SSSR count). The van der Waals surface area contributed by atoms with Gasteiger partial charge in [-0.3, -0.25) is 5.10 Å². The second-order valence-corrected chi connectivity index (χ2v) is 7.25. The van der Waals surface area contributed by atoms with Gasteiger partial charge in [-0.05, 0) is 24.5 Å². The molecule has 202 valence electrons. The summed E-state index contributed by atoms with van der Waals surface area (Å²) < 4.78 is 69.0. The van der Waals surface area contributed by atoms with E-state index in [4.69, 9.17) is 30.3 Å². The van der Waals surface area contributed by atoms with Gasteiger partial charge in [0.1, 0.15) is 23.2 Å². The van der Waals surface area contributed by atoms with E-state index in [1.807, 2.05) is 24.3 Å². The van der Waals surface area contributed by atoms with Gasteiger partial charge >= 0.3 is 24.3 Å². The summed E-state index contributed by atoms with van der Waals surface area (Å²) in [6, 6.07) is 9.87. The first-order chi connectivity index (χ1) is 17.6. The number of para-hydroxylation sites is 1. The zero-order valence-corrected chi connectivity index (χ0v) is 19.1. The highest BCUT2D eigenvalue weighted by atomic mass is 19.4. The largest absolute Gasteiger partial charge is 0.496 e. The van der Waals surface area contributed by atoms with Crippen LogP contribution in [0, 0.1) is 11.3 Å². The summed E-state index contributed by atoms with van der Waals surface area (Å²) in [6.07, 6.45) is -6.82. The molecule has 0 fully saturated rings. The number of benzene rings is 1. The molecule has 2 heterocycles. The molecule has 5 N–H and O–H groups in total. The van der Waals surface area contributed by atoms with Crippen molar-refractivity contribution in [1.82, 2.24) is 15.2 Å². The van der Waals surface area contributed by atoms with Crippen molar-refractivity contribution in [2.24, 2.45) is 0 Å². The number of nitrogens with one attached hydrogen (secondary N) is 1. The number of anilines is 1. The minimum absolute atomic E-state index is 0.228. The van der Waals surface area contributed by atoms with Crippen LogP contribution in [0.4, 0.5) is 32.2 Å². The van der Waals surface area contributed by atoms with E-state index in [0.29, 0.717) is 11.3 Å². The molecule has 38 heavy (non-hydrogen) atoms. The van der Waals surface area contributed by atoms with Crippen LogP contribution < -0.4 is 10.5 Å². The molecule has 10 nitrogen and oxygen atoms in total. The van der Waals surface area contributed by atoms with Crippen molar-refractivity contribution in [3.63, 3.8) is 0 Å². The molecule has 0 unspecified atom stereocenters. The van der Waals surface area contributed by atoms with E-state index < -0.39 is 24.3 Å². The van der Waals surface area contributed by atoms with Gasteiger partial charge in [0.2, 0.25) is 0 Å². The number of hydrogen-bond donors (Lipinski definition) is 4. The van der Waals surface area contributed by atoms with Crippen molar-refractivity contribution in [3.8, 4) is 34.2 Å². The molecule has 1 aliphatic carbocycles. The standard InChI is InChI=1S/C18H15N5O.2C2HF3O2/c1-24-15-5-3-2-4-10(15)16-11-6-7-14-13(9-21-23-14)17(11)22-18(20)12(16)8-19;2*3-2(4,5)1(6)7/h2-5,9H,6-7H2,1H3,(H2,20,22)(H,21,23);2*(H,6,7). The molecule has 0 saturated heterocycles. The molecular formula is C22H17F6N5O5. The maximum Gasteiger partial charge on any atom is 0.490 e. The van der Waals surface area contributed by atoms with Crippen LogP contribution in [-0.2, 0) is 22.4 Å². The quantitative estimate of drug-likeness (QED) is 0.347. The summed E-state index contributed by atoms with van der Waals surface area (Å²) in [5.41, 5.74) is 12.0. The number of nitrogens with zero attached hydrogens (tertiary/aromatic N) is 3. The van der Waals surface area contributed by atoms with Crippen molar-refractivity contribution in [1.29, 1.82) is 5.26 Å². The number of alkyl halides is 6. The number of aromatic nitrogens is 3. The zero-order chi connectivity index (χ0) is 28.8. The Bertz CT molecular complexity index is 1350. The molecule has 0 saturated carbocycles. The fourth-order valence-electron chi connectivity index (χ4n) is 3.33. The molecule has 1 aliphatic rings. The normalized spacial score (nSPS) is 11.8. The van der Waals surface area contributed by atoms with Crippen molar-refractivity contribution in [2.75, 3.05) is 12.8 Å². The van der Waals surface area contributed by atoms with E-state index in [1.165, 1.54) is 0 Å². The SMILES string of the molecule is COc1ccccc1-c1c(C#N)c(N)nc2c1CCc1[nH]ncc1-2.O=C(O)C(F)(F)F.O=C(O)C(F)(F)F. The lowest BCUT2D eigenvalue weighted by atomic mass is 9.85. The van der Waals surface area contributed by atoms with Gasteiger partial charge in [-0.1, -0.05) is 18.2 Å². The summed E-state index contributed by atoms with van der Waals surface area (Å²) in [7, 11) is 1.62. The fraction of sp³-hybridized carbons (Fsp3) is 0.227. The van der Waals surface area contributed by atoms with Crippen molar-refractivity contribution in [2.45, 2.75) is 25.2 Å². The van der Waals surface area contributed by atoms with Crippen LogP contribution in [-0.4, -0.2) is 56.8 Å². The van der Waals surface area contributed by atoms with Gasteiger partial charge in [-0.25, -0.2) is 14.6 Å². The third-order valence-electron chi connectivity index (χ3n) is 4.90. The number of halogens is 6. The number of ether oxygens (including phenoxy) is 1.